The summed E-state index contributed by atoms with van der Waals surface area (Å²) in [5, 5.41) is 21.1. The van der Waals surface area contributed by atoms with Crippen molar-refractivity contribution < 1.29 is 23.4 Å². The predicted molar refractivity (Wildman–Crippen MR) is 136 cm³/mol. The highest BCUT2D eigenvalue weighted by Crippen LogP contribution is 2.24. The SMILES string of the molecule is CC(CNS(=O)(=O)C(C)C)c1ccc(-c2ccc(NCCCC[C@@](N)(CO)C(=O)O)cc2)cc1. The van der Waals surface area contributed by atoms with Crippen LogP contribution in [0.1, 0.15) is 51.5 Å². The predicted octanol–water partition coefficient (Wildman–Crippen LogP) is 3.14. The number of unbranched alkanes of at least 4 members (excludes halogenated alkanes) is 1. The lowest BCUT2D eigenvalue weighted by molar-refractivity contribution is -0.145. The highest BCUT2D eigenvalue weighted by molar-refractivity contribution is 7.90. The monoisotopic (exact) mass is 491 g/mol. The van der Waals surface area contributed by atoms with Gasteiger partial charge in [0.15, 0.2) is 0 Å². The molecule has 0 saturated heterocycles. The number of aliphatic carboxylic acids is 1. The largest absolute Gasteiger partial charge is 0.480 e. The molecule has 0 aliphatic carbocycles. The summed E-state index contributed by atoms with van der Waals surface area (Å²) in [6, 6.07) is 16.2. The van der Waals surface area contributed by atoms with Crippen molar-refractivity contribution in [2.75, 3.05) is 25.0 Å². The first-order valence-electron chi connectivity index (χ1n) is 11.5. The van der Waals surface area contributed by atoms with Crippen LogP contribution in [0.3, 0.4) is 0 Å². The zero-order chi connectivity index (χ0) is 25.4. The highest BCUT2D eigenvalue weighted by Gasteiger charge is 2.32. The fourth-order valence-corrected chi connectivity index (χ4v) is 4.18. The number of hydrogen-bond donors (Lipinski definition) is 5. The van der Waals surface area contributed by atoms with E-state index < -0.39 is 33.4 Å². The Morgan fingerprint density at radius 1 is 1.00 bits per heavy atom. The average Bonchev–Trinajstić information content (AvgIpc) is 2.82. The molecule has 0 heterocycles. The minimum absolute atomic E-state index is 0.0615. The maximum atomic E-state index is 12.0. The van der Waals surface area contributed by atoms with Crippen molar-refractivity contribution in [3.05, 3.63) is 54.1 Å². The first kappa shape index (κ1) is 27.8. The van der Waals surface area contributed by atoms with Gasteiger partial charge in [-0.15, -0.1) is 0 Å². The van der Waals surface area contributed by atoms with Gasteiger partial charge in [0.1, 0.15) is 5.54 Å². The van der Waals surface area contributed by atoms with E-state index in [1.54, 1.807) is 13.8 Å². The van der Waals surface area contributed by atoms with Gasteiger partial charge in [0.2, 0.25) is 10.0 Å². The van der Waals surface area contributed by atoms with Crippen LogP contribution >= 0.6 is 0 Å². The summed E-state index contributed by atoms with van der Waals surface area (Å²) in [5.41, 5.74) is 8.28. The van der Waals surface area contributed by atoms with Gasteiger partial charge in [-0.25, -0.2) is 13.1 Å². The van der Waals surface area contributed by atoms with E-state index >= 15 is 0 Å². The number of rotatable bonds is 14. The molecule has 0 spiro atoms. The summed E-state index contributed by atoms with van der Waals surface area (Å²) in [7, 11) is -3.27. The van der Waals surface area contributed by atoms with E-state index in [4.69, 9.17) is 10.8 Å². The molecule has 34 heavy (non-hydrogen) atoms. The molecule has 0 bridgehead atoms. The van der Waals surface area contributed by atoms with Gasteiger partial charge in [0.05, 0.1) is 11.9 Å². The first-order chi connectivity index (χ1) is 16.0. The van der Waals surface area contributed by atoms with Crippen molar-refractivity contribution in [1.82, 2.24) is 4.72 Å². The Balaban J connectivity index is 1.85. The van der Waals surface area contributed by atoms with Gasteiger partial charge < -0.3 is 21.3 Å². The standard InChI is InChI=1S/C25H37N3O5S/c1-18(2)34(32,33)28-16-19(3)20-6-8-21(9-7-20)22-10-12-23(13-11-22)27-15-5-4-14-25(26,17-29)24(30)31/h6-13,18-19,27-29H,4-5,14-17,26H2,1-3H3,(H,30,31)/t19?,25-/m1/s1. The molecule has 9 heteroatoms. The Morgan fingerprint density at radius 2 is 1.56 bits per heavy atom. The van der Waals surface area contributed by atoms with Gasteiger partial charge in [-0.1, -0.05) is 43.3 Å². The second kappa shape index (κ2) is 12.3. The molecule has 0 saturated carbocycles. The number of nitrogens with two attached hydrogens (primary N) is 1. The summed E-state index contributed by atoms with van der Waals surface area (Å²) in [6.45, 7) is 5.78. The topological polar surface area (TPSA) is 142 Å². The van der Waals surface area contributed by atoms with E-state index in [1.807, 2.05) is 55.5 Å². The van der Waals surface area contributed by atoms with Gasteiger partial charge in [-0.2, -0.15) is 0 Å². The third-order valence-corrected chi connectivity index (χ3v) is 7.81. The third-order valence-electron chi connectivity index (χ3n) is 6.00. The van der Waals surface area contributed by atoms with E-state index in [2.05, 4.69) is 10.0 Å². The van der Waals surface area contributed by atoms with Crippen LogP contribution in [-0.2, 0) is 14.8 Å². The quantitative estimate of drug-likeness (QED) is 0.256. The van der Waals surface area contributed by atoms with Crippen molar-refractivity contribution in [3.63, 3.8) is 0 Å². The molecular weight excluding hydrogens is 454 g/mol. The van der Waals surface area contributed by atoms with Gasteiger partial charge >= 0.3 is 5.97 Å². The number of benzene rings is 2. The van der Waals surface area contributed by atoms with Crippen molar-refractivity contribution in [1.29, 1.82) is 0 Å². The molecule has 8 nitrogen and oxygen atoms in total. The Labute approximate surface area is 202 Å². The van der Waals surface area contributed by atoms with E-state index in [-0.39, 0.29) is 12.3 Å². The number of nitrogens with one attached hydrogen (secondary N) is 2. The number of carbonyl (C=O) groups is 1. The Kier molecular flexibility index (Phi) is 10.1. The second-order valence-electron chi connectivity index (χ2n) is 9.05. The zero-order valence-corrected chi connectivity index (χ0v) is 20.9. The fraction of sp³-hybridized carbons (Fsp3) is 0.480. The van der Waals surface area contributed by atoms with Crippen LogP contribution in [0.5, 0.6) is 0 Å². The molecule has 2 aromatic rings. The molecule has 2 rings (SSSR count). The fourth-order valence-electron chi connectivity index (χ4n) is 3.36. The molecule has 0 radical (unpaired) electrons. The third kappa shape index (κ3) is 7.80. The molecule has 0 aromatic heterocycles. The molecule has 2 aromatic carbocycles. The smallest absolute Gasteiger partial charge is 0.326 e. The van der Waals surface area contributed by atoms with Crippen LogP contribution in [0.25, 0.3) is 11.1 Å². The zero-order valence-electron chi connectivity index (χ0n) is 20.1. The lowest BCUT2D eigenvalue weighted by Gasteiger charge is -2.21. The molecule has 0 aliphatic heterocycles. The van der Waals surface area contributed by atoms with Crippen molar-refractivity contribution in [2.24, 2.45) is 5.73 Å². The Morgan fingerprint density at radius 3 is 2.06 bits per heavy atom. The molecule has 0 amide bonds. The molecular formula is C25H37N3O5S. The highest BCUT2D eigenvalue weighted by atomic mass is 32.2. The Bertz CT molecular complexity index is 1020. The van der Waals surface area contributed by atoms with Gasteiger partial charge in [0, 0.05) is 18.8 Å². The van der Waals surface area contributed by atoms with Crippen LogP contribution in [0.2, 0.25) is 0 Å². The van der Waals surface area contributed by atoms with Gasteiger partial charge in [-0.3, -0.25) is 4.79 Å². The van der Waals surface area contributed by atoms with Crippen LogP contribution in [0, 0.1) is 0 Å². The van der Waals surface area contributed by atoms with E-state index in [0.29, 0.717) is 19.5 Å². The van der Waals surface area contributed by atoms with Crippen molar-refractivity contribution in [3.8, 4) is 11.1 Å². The lowest BCUT2D eigenvalue weighted by atomic mass is 9.95. The van der Waals surface area contributed by atoms with Crippen molar-refractivity contribution in [2.45, 2.75) is 56.7 Å². The number of carboxylic acid groups (broad SMARTS) is 1. The summed E-state index contributed by atoms with van der Waals surface area (Å²) in [5.74, 6) is -1.12. The van der Waals surface area contributed by atoms with E-state index in [0.717, 1.165) is 28.8 Å². The minimum Gasteiger partial charge on any atom is -0.480 e. The number of hydrogen-bond acceptors (Lipinski definition) is 6. The van der Waals surface area contributed by atoms with Crippen LogP contribution in [0.15, 0.2) is 48.5 Å². The summed E-state index contributed by atoms with van der Waals surface area (Å²) in [4.78, 5) is 11.1. The molecule has 188 valence electrons. The number of aliphatic hydroxyl groups is 1. The number of aliphatic hydroxyl groups excluding tert-OH is 1. The average molecular weight is 492 g/mol. The maximum absolute atomic E-state index is 12.0. The molecule has 6 N–H and O–H groups in total. The molecule has 0 aliphatic rings. The molecule has 1 unspecified atom stereocenters. The summed E-state index contributed by atoms with van der Waals surface area (Å²) in [6.07, 6.45) is 1.55. The van der Waals surface area contributed by atoms with Crippen molar-refractivity contribution >= 4 is 21.7 Å². The van der Waals surface area contributed by atoms with E-state index in [1.165, 1.54) is 0 Å². The summed E-state index contributed by atoms with van der Waals surface area (Å²) < 4.78 is 26.6. The maximum Gasteiger partial charge on any atom is 0.326 e. The van der Waals surface area contributed by atoms with Crippen LogP contribution in [-0.4, -0.2) is 55.1 Å². The minimum atomic E-state index is -3.27. The lowest BCUT2D eigenvalue weighted by Crippen LogP contribution is -2.51. The summed E-state index contributed by atoms with van der Waals surface area (Å²) >= 11 is 0. The van der Waals surface area contributed by atoms with Crippen LogP contribution < -0.4 is 15.8 Å². The normalized spacial score (nSPS) is 14.5. The number of carboxylic acids is 1. The van der Waals surface area contributed by atoms with Crippen LogP contribution in [0.4, 0.5) is 5.69 Å². The molecule has 0 fully saturated rings. The van der Waals surface area contributed by atoms with Gasteiger partial charge in [-0.05, 0) is 67.9 Å². The molecule has 2 atom stereocenters. The van der Waals surface area contributed by atoms with E-state index in [9.17, 15) is 18.3 Å². The number of anilines is 1. The second-order valence-corrected chi connectivity index (χ2v) is 11.4. The Hall–Kier alpha value is -2.46. The van der Waals surface area contributed by atoms with Gasteiger partial charge in [0.25, 0.3) is 0 Å². The number of sulfonamides is 1. The first-order valence-corrected chi connectivity index (χ1v) is 13.1.